The molecule has 2 aromatic heterocycles. The van der Waals surface area contributed by atoms with Crippen molar-refractivity contribution in [1.29, 1.82) is 0 Å². The van der Waals surface area contributed by atoms with Crippen LogP contribution < -0.4 is 15.4 Å². The summed E-state index contributed by atoms with van der Waals surface area (Å²) < 4.78 is 7.02. The predicted molar refractivity (Wildman–Crippen MR) is 97.6 cm³/mol. The molecule has 26 heavy (non-hydrogen) atoms. The average molecular weight is 352 g/mol. The second-order valence-electron chi connectivity index (χ2n) is 5.35. The lowest BCUT2D eigenvalue weighted by Crippen LogP contribution is -2.28. The summed E-state index contributed by atoms with van der Waals surface area (Å²) in [6.45, 7) is 3.52. The zero-order valence-electron chi connectivity index (χ0n) is 14.4. The minimum atomic E-state index is -0.130. The number of hydrogen-bond donors (Lipinski definition) is 2. The zero-order chi connectivity index (χ0) is 18.2. The monoisotopic (exact) mass is 352 g/mol. The van der Waals surface area contributed by atoms with Crippen LogP contribution in [0.4, 0.5) is 5.82 Å². The molecule has 3 aromatic rings. The van der Waals surface area contributed by atoms with Gasteiger partial charge in [0, 0.05) is 37.1 Å². The number of nitrogens with one attached hydrogen (secondary N) is 2. The Bertz CT molecular complexity index is 833. The fourth-order valence-electron chi connectivity index (χ4n) is 2.31. The number of amides is 1. The number of hydrogen-bond acceptors (Lipinski definition) is 6. The first-order valence-electron chi connectivity index (χ1n) is 8.33. The Morgan fingerprint density at radius 2 is 2.04 bits per heavy atom. The lowest BCUT2D eigenvalue weighted by molar-refractivity contribution is 0.0955. The molecular formula is C18H20N6O2. The molecule has 8 nitrogen and oxygen atoms in total. The summed E-state index contributed by atoms with van der Waals surface area (Å²) in [7, 11) is 0. The summed E-state index contributed by atoms with van der Waals surface area (Å²) in [6.07, 6.45) is 4.96. The maximum atomic E-state index is 12.1. The standard InChI is InChI=1S/C18H20N6O2/c1-2-26-15-6-4-14(5-7-15)18(25)20-10-9-19-16-12-17(22-13-21-16)24-11-3-8-23-24/h3-8,11-13H,2,9-10H2,1H3,(H,20,25)(H,19,21,22). The van der Waals surface area contributed by atoms with Crippen molar-refractivity contribution in [2.75, 3.05) is 25.0 Å². The van der Waals surface area contributed by atoms with Gasteiger partial charge >= 0.3 is 0 Å². The molecule has 2 N–H and O–H groups in total. The molecule has 0 aliphatic rings. The normalized spacial score (nSPS) is 10.3. The van der Waals surface area contributed by atoms with Gasteiger partial charge in [-0.2, -0.15) is 5.10 Å². The second kappa shape index (κ2) is 8.61. The minimum absolute atomic E-state index is 0.130. The van der Waals surface area contributed by atoms with Crippen LogP contribution in [0.15, 0.2) is 55.1 Å². The van der Waals surface area contributed by atoms with Crippen molar-refractivity contribution in [2.45, 2.75) is 6.92 Å². The Hall–Kier alpha value is -3.42. The molecule has 3 rings (SSSR count). The van der Waals surface area contributed by atoms with Crippen molar-refractivity contribution in [1.82, 2.24) is 25.1 Å². The lowest BCUT2D eigenvalue weighted by Gasteiger charge is -2.09. The van der Waals surface area contributed by atoms with Crippen LogP contribution in [0, 0.1) is 0 Å². The summed E-state index contributed by atoms with van der Waals surface area (Å²) in [5.74, 6) is 1.96. The Balaban J connectivity index is 1.46. The number of anilines is 1. The van der Waals surface area contributed by atoms with E-state index < -0.39 is 0 Å². The van der Waals surface area contributed by atoms with Crippen molar-refractivity contribution in [3.05, 3.63) is 60.7 Å². The number of aromatic nitrogens is 4. The highest BCUT2D eigenvalue weighted by Crippen LogP contribution is 2.12. The predicted octanol–water partition coefficient (Wildman–Crippen LogP) is 1.90. The molecule has 2 heterocycles. The molecule has 0 aliphatic carbocycles. The molecule has 0 radical (unpaired) electrons. The summed E-state index contributed by atoms with van der Waals surface area (Å²) >= 11 is 0. The van der Waals surface area contributed by atoms with Gasteiger partial charge in [-0.25, -0.2) is 14.6 Å². The van der Waals surface area contributed by atoms with Crippen molar-refractivity contribution < 1.29 is 9.53 Å². The third-order valence-electron chi connectivity index (χ3n) is 3.54. The molecule has 0 saturated heterocycles. The summed E-state index contributed by atoms with van der Waals surface area (Å²) in [5.41, 5.74) is 0.594. The zero-order valence-corrected chi connectivity index (χ0v) is 14.4. The van der Waals surface area contributed by atoms with Gasteiger partial charge in [-0.15, -0.1) is 0 Å². The van der Waals surface area contributed by atoms with Gasteiger partial charge in [0.15, 0.2) is 5.82 Å². The van der Waals surface area contributed by atoms with Gasteiger partial charge in [0.05, 0.1) is 6.61 Å². The van der Waals surface area contributed by atoms with E-state index in [1.165, 1.54) is 6.33 Å². The molecule has 0 atom stereocenters. The molecule has 8 heteroatoms. The van der Waals surface area contributed by atoms with Crippen molar-refractivity contribution in [3.63, 3.8) is 0 Å². The highest BCUT2D eigenvalue weighted by molar-refractivity contribution is 5.94. The maximum Gasteiger partial charge on any atom is 0.251 e. The van der Waals surface area contributed by atoms with E-state index in [2.05, 4.69) is 25.7 Å². The van der Waals surface area contributed by atoms with Gasteiger partial charge in [0.1, 0.15) is 17.9 Å². The van der Waals surface area contributed by atoms with Crippen LogP contribution in [-0.2, 0) is 0 Å². The lowest BCUT2D eigenvalue weighted by atomic mass is 10.2. The molecule has 0 bridgehead atoms. The van der Waals surface area contributed by atoms with Gasteiger partial charge in [-0.1, -0.05) is 0 Å². The largest absolute Gasteiger partial charge is 0.494 e. The molecule has 0 spiro atoms. The van der Waals surface area contributed by atoms with Crippen molar-refractivity contribution >= 4 is 11.7 Å². The molecule has 1 amide bonds. The first-order valence-corrected chi connectivity index (χ1v) is 8.33. The van der Waals surface area contributed by atoms with Crippen molar-refractivity contribution in [2.24, 2.45) is 0 Å². The number of nitrogens with zero attached hydrogens (tertiary/aromatic N) is 4. The summed E-state index contributed by atoms with van der Waals surface area (Å²) in [4.78, 5) is 20.4. The topological polar surface area (TPSA) is 94.0 Å². The summed E-state index contributed by atoms with van der Waals surface area (Å²) in [5, 5.41) is 10.1. The fourth-order valence-corrected chi connectivity index (χ4v) is 2.31. The molecule has 0 saturated carbocycles. The van der Waals surface area contributed by atoms with Gasteiger partial charge < -0.3 is 15.4 Å². The van der Waals surface area contributed by atoms with Crippen LogP contribution in [0.1, 0.15) is 17.3 Å². The average Bonchev–Trinajstić information content (AvgIpc) is 3.21. The maximum absolute atomic E-state index is 12.1. The van der Waals surface area contributed by atoms with Crippen molar-refractivity contribution in [3.8, 4) is 11.6 Å². The van der Waals surface area contributed by atoms with Crippen LogP contribution in [0.25, 0.3) is 5.82 Å². The highest BCUT2D eigenvalue weighted by atomic mass is 16.5. The first-order chi connectivity index (χ1) is 12.8. The molecule has 0 aliphatic heterocycles. The van der Waals surface area contributed by atoms with E-state index in [4.69, 9.17) is 4.74 Å². The third kappa shape index (κ3) is 4.56. The van der Waals surface area contributed by atoms with Crippen LogP contribution in [0.5, 0.6) is 5.75 Å². The van der Waals surface area contributed by atoms with Crippen LogP contribution in [0.3, 0.4) is 0 Å². The van der Waals surface area contributed by atoms with E-state index in [1.807, 2.05) is 19.2 Å². The first kappa shape index (κ1) is 17.4. The molecule has 1 aromatic carbocycles. The van der Waals surface area contributed by atoms with E-state index in [0.29, 0.717) is 36.9 Å². The van der Waals surface area contributed by atoms with E-state index in [9.17, 15) is 4.79 Å². The molecule has 0 fully saturated rings. The van der Waals surface area contributed by atoms with Gasteiger partial charge in [-0.3, -0.25) is 4.79 Å². The number of rotatable bonds is 8. The second-order valence-corrected chi connectivity index (χ2v) is 5.35. The Kier molecular flexibility index (Phi) is 5.76. The molecular weight excluding hydrogens is 332 g/mol. The van der Waals surface area contributed by atoms with E-state index in [0.717, 1.165) is 5.75 Å². The smallest absolute Gasteiger partial charge is 0.251 e. The number of ether oxygens (including phenoxy) is 1. The summed E-state index contributed by atoms with van der Waals surface area (Å²) in [6, 6.07) is 10.7. The van der Waals surface area contributed by atoms with Crippen LogP contribution >= 0.6 is 0 Å². The Morgan fingerprint density at radius 3 is 2.77 bits per heavy atom. The Labute approximate surface area is 151 Å². The SMILES string of the molecule is CCOc1ccc(C(=O)NCCNc2cc(-n3cccn3)ncn2)cc1. The quantitative estimate of drug-likeness (QED) is 0.602. The number of carbonyl (C=O) groups excluding carboxylic acids is 1. The van der Waals surface area contributed by atoms with E-state index in [-0.39, 0.29) is 5.91 Å². The highest BCUT2D eigenvalue weighted by Gasteiger charge is 2.05. The van der Waals surface area contributed by atoms with E-state index >= 15 is 0 Å². The third-order valence-corrected chi connectivity index (χ3v) is 3.54. The minimum Gasteiger partial charge on any atom is -0.494 e. The van der Waals surface area contributed by atoms with Crippen LogP contribution in [0.2, 0.25) is 0 Å². The number of benzene rings is 1. The molecule has 134 valence electrons. The van der Waals surface area contributed by atoms with Gasteiger partial charge in [-0.05, 0) is 37.3 Å². The molecule has 0 unspecified atom stereocenters. The fraction of sp³-hybridized carbons (Fsp3) is 0.222. The Morgan fingerprint density at radius 1 is 1.19 bits per heavy atom. The number of carbonyl (C=O) groups is 1. The van der Waals surface area contributed by atoms with Gasteiger partial charge in [0.25, 0.3) is 5.91 Å². The van der Waals surface area contributed by atoms with Gasteiger partial charge in [0.2, 0.25) is 0 Å². The van der Waals surface area contributed by atoms with E-state index in [1.54, 1.807) is 41.2 Å². The van der Waals surface area contributed by atoms with Crippen LogP contribution in [-0.4, -0.2) is 45.4 Å².